The zero-order chi connectivity index (χ0) is 15.5. The molecule has 1 amide bonds. The predicted molar refractivity (Wildman–Crippen MR) is 77.2 cm³/mol. The van der Waals surface area contributed by atoms with Crippen molar-refractivity contribution < 1.29 is 17.6 Å². The summed E-state index contributed by atoms with van der Waals surface area (Å²) in [5.74, 6) is -1.09. The molecule has 1 N–H and O–H groups in total. The minimum Gasteiger partial charge on any atom is -0.353 e. The Morgan fingerprint density at radius 1 is 1.45 bits per heavy atom. The number of nitrogens with one attached hydrogen (secondary N) is 1. The Morgan fingerprint density at radius 3 is 2.55 bits per heavy atom. The molecule has 0 aliphatic carbocycles. The molecule has 0 aliphatic heterocycles. The first-order valence-corrected chi connectivity index (χ1v) is 8.08. The number of likely N-dealkylation sites (N-methyl/N-ethyl adjacent to an activating group) is 1. The lowest BCUT2D eigenvalue weighted by molar-refractivity contribution is -0.121. The summed E-state index contributed by atoms with van der Waals surface area (Å²) in [5.41, 5.74) is 0. The van der Waals surface area contributed by atoms with E-state index >= 15 is 0 Å². The molecule has 0 saturated heterocycles. The number of rotatable bonds is 5. The number of carbonyl (C=O) groups excluding carboxylic acids is 1. The van der Waals surface area contributed by atoms with Gasteiger partial charge in [-0.1, -0.05) is 0 Å². The number of amides is 1. The first-order chi connectivity index (χ1) is 9.14. The summed E-state index contributed by atoms with van der Waals surface area (Å²) >= 11 is 2.95. The van der Waals surface area contributed by atoms with Crippen molar-refractivity contribution in [2.75, 3.05) is 13.6 Å². The minimum absolute atomic E-state index is 0.0799. The molecular weight excluding hydrogens is 351 g/mol. The highest BCUT2D eigenvalue weighted by molar-refractivity contribution is 9.10. The Morgan fingerprint density at radius 2 is 2.05 bits per heavy atom. The standard InChI is InChI=1S/C12H16BrFN2O3S/c1-8(2)15-12(17)7-16(3)20(18,19)9-4-5-10(13)11(14)6-9/h4-6,8H,7H2,1-3H3,(H,15,17). The van der Waals surface area contributed by atoms with Crippen LogP contribution in [0.25, 0.3) is 0 Å². The second kappa shape index (κ2) is 6.64. The first kappa shape index (κ1) is 17.1. The van der Waals surface area contributed by atoms with Crippen molar-refractivity contribution in [1.82, 2.24) is 9.62 Å². The average molecular weight is 367 g/mol. The van der Waals surface area contributed by atoms with Crippen LogP contribution in [0.1, 0.15) is 13.8 Å². The van der Waals surface area contributed by atoms with Gasteiger partial charge >= 0.3 is 0 Å². The van der Waals surface area contributed by atoms with Crippen LogP contribution in [-0.2, 0) is 14.8 Å². The zero-order valence-electron chi connectivity index (χ0n) is 11.4. The molecule has 1 rings (SSSR count). The molecule has 112 valence electrons. The van der Waals surface area contributed by atoms with Gasteiger partial charge in [-0.15, -0.1) is 0 Å². The van der Waals surface area contributed by atoms with Crippen LogP contribution in [0.3, 0.4) is 0 Å². The summed E-state index contributed by atoms with van der Waals surface area (Å²) in [7, 11) is -2.62. The predicted octanol–water partition coefficient (Wildman–Crippen LogP) is 1.73. The molecule has 8 heteroatoms. The molecule has 0 aliphatic rings. The summed E-state index contributed by atoms with van der Waals surface area (Å²) in [6.07, 6.45) is 0. The summed E-state index contributed by atoms with van der Waals surface area (Å²) in [6, 6.07) is 3.42. The van der Waals surface area contributed by atoms with Gasteiger partial charge in [-0.25, -0.2) is 12.8 Å². The molecular formula is C12H16BrFN2O3S. The number of sulfonamides is 1. The number of nitrogens with zero attached hydrogens (tertiary/aromatic N) is 1. The average Bonchev–Trinajstić information content (AvgIpc) is 2.31. The van der Waals surface area contributed by atoms with Crippen molar-refractivity contribution in [2.24, 2.45) is 0 Å². The van der Waals surface area contributed by atoms with Crippen molar-refractivity contribution in [1.29, 1.82) is 0 Å². The molecule has 0 aromatic heterocycles. The van der Waals surface area contributed by atoms with E-state index in [1.54, 1.807) is 13.8 Å². The van der Waals surface area contributed by atoms with E-state index in [2.05, 4.69) is 21.2 Å². The van der Waals surface area contributed by atoms with Crippen LogP contribution in [0.4, 0.5) is 4.39 Å². The van der Waals surface area contributed by atoms with Crippen LogP contribution in [0.5, 0.6) is 0 Å². The van der Waals surface area contributed by atoms with E-state index in [9.17, 15) is 17.6 Å². The van der Waals surface area contributed by atoms with Crippen molar-refractivity contribution in [3.8, 4) is 0 Å². The maximum atomic E-state index is 13.4. The Kier molecular flexibility index (Phi) is 5.67. The smallest absolute Gasteiger partial charge is 0.243 e. The van der Waals surface area contributed by atoms with Gasteiger partial charge in [0.15, 0.2) is 0 Å². The SMILES string of the molecule is CC(C)NC(=O)CN(C)S(=O)(=O)c1ccc(Br)c(F)c1. The third-order valence-corrected chi connectivity index (χ3v) is 4.86. The number of hydrogen-bond donors (Lipinski definition) is 1. The van der Waals surface area contributed by atoms with E-state index in [1.165, 1.54) is 19.2 Å². The largest absolute Gasteiger partial charge is 0.353 e. The molecule has 5 nitrogen and oxygen atoms in total. The maximum Gasteiger partial charge on any atom is 0.243 e. The van der Waals surface area contributed by atoms with Gasteiger partial charge in [0.1, 0.15) is 5.82 Å². The second-order valence-corrected chi connectivity index (χ2v) is 7.46. The van der Waals surface area contributed by atoms with Gasteiger partial charge in [-0.3, -0.25) is 4.79 Å². The van der Waals surface area contributed by atoms with Crippen LogP contribution >= 0.6 is 15.9 Å². The molecule has 0 spiro atoms. The van der Waals surface area contributed by atoms with E-state index < -0.39 is 21.7 Å². The number of hydrogen-bond acceptors (Lipinski definition) is 3. The van der Waals surface area contributed by atoms with Crippen LogP contribution in [0.15, 0.2) is 27.6 Å². The highest BCUT2D eigenvalue weighted by atomic mass is 79.9. The second-order valence-electron chi connectivity index (χ2n) is 4.56. The van der Waals surface area contributed by atoms with E-state index in [4.69, 9.17) is 0 Å². The van der Waals surface area contributed by atoms with Gasteiger partial charge < -0.3 is 5.32 Å². The van der Waals surface area contributed by atoms with Crippen molar-refractivity contribution in [3.63, 3.8) is 0 Å². The molecule has 0 unspecified atom stereocenters. The van der Waals surface area contributed by atoms with Gasteiger partial charge in [-0.2, -0.15) is 4.31 Å². The molecule has 20 heavy (non-hydrogen) atoms. The van der Waals surface area contributed by atoms with Crippen LogP contribution in [0, 0.1) is 5.82 Å². The van der Waals surface area contributed by atoms with Gasteiger partial charge in [0.2, 0.25) is 15.9 Å². The summed E-state index contributed by atoms with van der Waals surface area (Å²) in [6.45, 7) is 3.23. The van der Waals surface area contributed by atoms with Crippen LogP contribution < -0.4 is 5.32 Å². The molecule has 1 aromatic rings. The van der Waals surface area contributed by atoms with Crippen LogP contribution in [-0.4, -0.2) is 38.3 Å². The molecule has 0 atom stereocenters. The van der Waals surface area contributed by atoms with E-state index in [0.717, 1.165) is 10.4 Å². The lowest BCUT2D eigenvalue weighted by Gasteiger charge is -2.18. The minimum atomic E-state index is -3.90. The molecule has 1 aromatic carbocycles. The molecule has 0 saturated carbocycles. The number of benzene rings is 1. The fourth-order valence-corrected chi connectivity index (χ4v) is 2.86. The van der Waals surface area contributed by atoms with Gasteiger partial charge in [0, 0.05) is 13.1 Å². The fourth-order valence-electron chi connectivity index (χ4n) is 1.47. The highest BCUT2D eigenvalue weighted by Gasteiger charge is 2.24. The third kappa shape index (κ3) is 4.26. The lowest BCUT2D eigenvalue weighted by Crippen LogP contribution is -2.40. The van der Waals surface area contributed by atoms with Gasteiger partial charge in [-0.05, 0) is 48.0 Å². The van der Waals surface area contributed by atoms with Crippen LogP contribution in [0.2, 0.25) is 0 Å². The summed E-state index contributed by atoms with van der Waals surface area (Å²) in [5, 5.41) is 2.59. The summed E-state index contributed by atoms with van der Waals surface area (Å²) < 4.78 is 38.8. The van der Waals surface area contributed by atoms with Gasteiger partial charge in [0.25, 0.3) is 0 Å². The normalized spacial score (nSPS) is 11.9. The maximum absolute atomic E-state index is 13.4. The van der Waals surface area contributed by atoms with Crippen molar-refractivity contribution in [3.05, 3.63) is 28.5 Å². The number of carbonyl (C=O) groups is 1. The Labute approximate surface area is 126 Å². The molecule has 0 radical (unpaired) electrons. The topological polar surface area (TPSA) is 66.5 Å². The number of halogens is 2. The zero-order valence-corrected chi connectivity index (χ0v) is 13.8. The Balaban J connectivity index is 2.92. The fraction of sp³-hybridized carbons (Fsp3) is 0.417. The van der Waals surface area contributed by atoms with Crippen molar-refractivity contribution >= 4 is 31.9 Å². The van der Waals surface area contributed by atoms with Crippen molar-refractivity contribution in [2.45, 2.75) is 24.8 Å². The highest BCUT2D eigenvalue weighted by Crippen LogP contribution is 2.21. The molecule has 0 fully saturated rings. The monoisotopic (exact) mass is 366 g/mol. The summed E-state index contributed by atoms with van der Waals surface area (Å²) in [4.78, 5) is 11.4. The Bertz CT molecular complexity index is 605. The quantitative estimate of drug-likeness (QED) is 0.862. The first-order valence-electron chi connectivity index (χ1n) is 5.85. The van der Waals surface area contributed by atoms with E-state index in [0.29, 0.717) is 0 Å². The molecule has 0 bridgehead atoms. The van der Waals surface area contributed by atoms with Gasteiger partial charge in [0.05, 0.1) is 15.9 Å². The molecule has 0 heterocycles. The van der Waals surface area contributed by atoms with E-state index in [-0.39, 0.29) is 22.0 Å². The third-order valence-electron chi connectivity index (χ3n) is 2.42. The Hall–Kier alpha value is -0.990. The lowest BCUT2D eigenvalue weighted by atomic mass is 10.3. The van der Waals surface area contributed by atoms with E-state index in [1.807, 2.05) is 0 Å².